The molecule has 0 saturated heterocycles. The molecular weight excluding hydrogens is 232 g/mol. The molecule has 2 heteroatoms. The Labute approximate surface area is 115 Å². The Bertz CT molecular complexity index is 605. The van der Waals surface area contributed by atoms with Crippen molar-refractivity contribution in [1.82, 2.24) is 4.90 Å². The summed E-state index contributed by atoms with van der Waals surface area (Å²) >= 11 is 0. The van der Waals surface area contributed by atoms with Crippen LogP contribution in [0.1, 0.15) is 18.9 Å². The molecule has 98 valence electrons. The van der Waals surface area contributed by atoms with Crippen LogP contribution in [0.2, 0.25) is 0 Å². The molecule has 0 fully saturated rings. The second-order valence-corrected chi connectivity index (χ2v) is 5.52. The number of hydrogen-bond acceptors (Lipinski definition) is 2. The van der Waals surface area contributed by atoms with E-state index in [1.54, 1.807) is 0 Å². The van der Waals surface area contributed by atoms with Crippen molar-refractivity contribution < 1.29 is 0 Å². The second-order valence-electron chi connectivity index (χ2n) is 5.52. The van der Waals surface area contributed by atoms with Crippen LogP contribution in [0.5, 0.6) is 0 Å². The van der Waals surface area contributed by atoms with Crippen LogP contribution in [0.4, 0.5) is 0 Å². The predicted octanol–water partition coefficient (Wildman–Crippen LogP) is 3.57. The van der Waals surface area contributed by atoms with Crippen molar-refractivity contribution in [2.75, 3.05) is 20.6 Å². The fourth-order valence-electron chi connectivity index (χ4n) is 2.40. The lowest BCUT2D eigenvalue weighted by atomic mass is 9.78. The minimum atomic E-state index is -0.439. The van der Waals surface area contributed by atoms with Gasteiger partial charge in [0.15, 0.2) is 0 Å². The molecule has 1 unspecified atom stereocenters. The molecule has 0 amide bonds. The van der Waals surface area contributed by atoms with Crippen LogP contribution in [0.15, 0.2) is 42.5 Å². The van der Waals surface area contributed by atoms with E-state index in [1.165, 1.54) is 10.8 Å². The fourth-order valence-corrected chi connectivity index (χ4v) is 2.40. The van der Waals surface area contributed by atoms with Gasteiger partial charge >= 0.3 is 0 Å². The van der Waals surface area contributed by atoms with Crippen LogP contribution in [0.25, 0.3) is 10.8 Å². The van der Waals surface area contributed by atoms with Crippen LogP contribution >= 0.6 is 0 Å². The predicted molar refractivity (Wildman–Crippen MR) is 80.1 cm³/mol. The fraction of sp³-hybridized carbons (Fsp3) is 0.353. The van der Waals surface area contributed by atoms with Crippen molar-refractivity contribution in [1.29, 1.82) is 5.26 Å². The third kappa shape index (κ3) is 2.77. The van der Waals surface area contributed by atoms with Crippen molar-refractivity contribution in [3.63, 3.8) is 0 Å². The number of nitriles is 1. The number of hydrogen-bond donors (Lipinski definition) is 0. The number of fused-ring (bicyclic) bond motifs is 1. The zero-order valence-corrected chi connectivity index (χ0v) is 11.9. The van der Waals surface area contributed by atoms with Crippen LogP contribution in [-0.2, 0) is 5.41 Å². The Balaban J connectivity index is 2.49. The highest BCUT2D eigenvalue weighted by Gasteiger charge is 2.27. The van der Waals surface area contributed by atoms with Gasteiger partial charge < -0.3 is 4.90 Å². The maximum absolute atomic E-state index is 9.64. The molecule has 0 spiro atoms. The molecule has 0 aromatic heterocycles. The van der Waals surface area contributed by atoms with E-state index in [9.17, 15) is 5.26 Å². The first kappa shape index (κ1) is 13.6. The van der Waals surface area contributed by atoms with Crippen LogP contribution in [0, 0.1) is 11.3 Å². The van der Waals surface area contributed by atoms with E-state index < -0.39 is 5.41 Å². The van der Waals surface area contributed by atoms with Crippen molar-refractivity contribution in [3.05, 3.63) is 48.0 Å². The van der Waals surface area contributed by atoms with Gasteiger partial charge in [-0.1, -0.05) is 42.5 Å². The highest BCUT2D eigenvalue weighted by atomic mass is 15.0. The van der Waals surface area contributed by atoms with Crippen molar-refractivity contribution in [2.24, 2.45) is 0 Å². The molecule has 0 aliphatic rings. The van der Waals surface area contributed by atoms with Gasteiger partial charge in [-0.3, -0.25) is 0 Å². The summed E-state index contributed by atoms with van der Waals surface area (Å²) < 4.78 is 0. The molecular formula is C17H20N2. The van der Waals surface area contributed by atoms with E-state index in [1.807, 2.05) is 39.2 Å². The van der Waals surface area contributed by atoms with Crippen LogP contribution in [0.3, 0.4) is 0 Å². The molecule has 2 aromatic carbocycles. The van der Waals surface area contributed by atoms with Gasteiger partial charge in [0.1, 0.15) is 0 Å². The SMILES string of the molecule is CN(C)CCC(C)(C#N)c1cccc2ccccc12. The summed E-state index contributed by atoms with van der Waals surface area (Å²) in [4.78, 5) is 2.13. The molecule has 0 bridgehead atoms. The van der Waals surface area contributed by atoms with Gasteiger partial charge in [0.05, 0.1) is 11.5 Å². The molecule has 0 N–H and O–H groups in total. The summed E-state index contributed by atoms with van der Waals surface area (Å²) in [5.41, 5.74) is 0.695. The summed E-state index contributed by atoms with van der Waals surface area (Å²) in [7, 11) is 4.09. The average Bonchev–Trinajstić information content (AvgIpc) is 2.44. The third-order valence-corrected chi connectivity index (χ3v) is 3.69. The Kier molecular flexibility index (Phi) is 3.87. The summed E-state index contributed by atoms with van der Waals surface area (Å²) in [5, 5.41) is 12.0. The van der Waals surface area contributed by atoms with E-state index in [0.29, 0.717) is 0 Å². The molecule has 0 heterocycles. The minimum absolute atomic E-state index is 0.439. The first-order chi connectivity index (χ1) is 9.07. The summed E-state index contributed by atoms with van der Waals surface area (Å²) in [6.07, 6.45) is 0.838. The van der Waals surface area contributed by atoms with Gasteiger partial charge in [0.2, 0.25) is 0 Å². The highest BCUT2D eigenvalue weighted by molar-refractivity contribution is 5.87. The smallest absolute Gasteiger partial charge is 0.0812 e. The Hall–Kier alpha value is -1.85. The first-order valence-electron chi connectivity index (χ1n) is 6.61. The van der Waals surface area contributed by atoms with Gasteiger partial charge in [0, 0.05) is 0 Å². The van der Waals surface area contributed by atoms with Crippen LogP contribution < -0.4 is 0 Å². The lowest BCUT2D eigenvalue weighted by molar-refractivity contribution is 0.364. The first-order valence-corrected chi connectivity index (χ1v) is 6.61. The minimum Gasteiger partial charge on any atom is -0.309 e. The zero-order chi connectivity index (χ0) is 13.9. The molecule has 0 radical (unpaired) electrons. The normalized spacial score (nSPS) is 14.3. The van der Waals surface area contributed by atoms with E-state index in [4.69, 9.17) is 0 Å². The van der Waals surface area contributed by atoms with Gasteiger partial charge in [0.25, 0.3) is 0 Å². The van der Waals surface area contributed by atoms with Crippen molar-refractivity contribution in [2.45, 2.75) is 18.8 Å². The largest absolute Gasteiger partial charge is 0.309 e. The van der Waals surface area contributed by atoms with Gasteiger partial charge in [-0.2, -0.15) is 5.26 Å². The Morgan fingerprint density at radius 3 is 2.47 bits per heavy atom. The number of nitrogens with zero attached hydrogens (tertiary/aromatic N) is 2. The van der Waals surface area contributed by atoms with Gasteiger partial charge in [-0.05, 0) is 50.3 Å². The molecule has 0 aliphatic heterocycles. The topological polar surface area (TPSA) is 27.0 Å². The molecule has 0 saturated carbocycles. The maximum Gasteiger partial charge on any atom is 0.0812 e. The van der Waals surface area contributed by atoms with E-state index >= 15 is 0 Å². The maximum atomic E-state index is 9.64. The van der Waals surface area contributed by atoms with Crippen LogP contribution in [-0.4, -0.2) is 25.5 Å². The summed E-state index contributed by atoms with van der Waals surface area (Å²) in [6.45, 7) is 2.95. The molecule has 2 aromatic rings. The molecule has 2 rings (SSSR count). The average molecular weight is 252 g/mol. The summed E-state index contributed by atoms with van der Waals surface area (Å²) in [5.74, 6) is 0. The standard InChI is InChI=1S/C17H20N2/c1-17(13-18,11-12-19(2)3)16-10-6-8-14-7-4-5-9-15(14)16/h4-10H,11-12H2,1-3H3. The molecule has 1 atom stereocenters. The lowest BCUT2D eigenvalue weighted by Gasteiger charge is -2.25. The lowest BCUT2D eigenvalue weighted by Crippen LogP contribution is -2.26. The second kappa shape index (κ2) is 5.42. The van der Waals surface area contributed by atoms with Crippen molar-refractivity contribution in [3.8, 4) is 6.07 Å². The molecule has 19 heavy (non-hydrogen) atoms. The number of benzene rings is 2. The Morgan fingerprint density at radius 2 is 1.79 bits per heavy atom. The van der Waals surface area contributed by atoms with Gasteiger partial charge in [-0.15, -0.1) is 0 Å². The van der Waals surface area contributed by atoms with Gasteiger partial charge in [-0.25, -0.2) is 0 Å². The van der Waals surface area contributed by atoms with E-state index in [-0.39, 0.29) is 0 Å². The van der Waals surface area contributed by atoms with E-state index in [2.05, 4.69) is 35.2 Å². The Morgan fingerprint density at radius 1 is 1.11 bits per heavy atom. The molecule has 0 aliphatic carbocycles. The van der Waals surface area contributed by atoms with Crippen molar-refractivity contribution >= 4 is 10.8 Å². The quantitative estimate of drug-likeness (QED) is 0.831. The third-order valence-electron chi connectivity index (χ3n) is 3.69. The highest BCUT2D eigenvalue weighted by Crippen LogP contribution is 2.32. The summed E-state index contributed by atoms with van der Waals surface area (Å²) in [6, 6.07) is 17.0. The number of rotatable bonds is 4. The molecule has 2 nitrogen and oxygen atoms in total. The monoisotopic (exact) mass is 252 g/mol. The zero-order valence-electron chi connectivity index (χ0n) is 11.9. The van der Waals surface area contributed by atoms with E-state index in [0.717, 1.165) is 18.5 Å².